The lowest BCUT2D eigenvalue weighted by atomic mass is 10.00. The number of esters is 4. The van der Waals surface area contributed by atoms with Gasteiger partial charge in [0.25, 0.3) is 0 Å². The highest BCUT2D eigenvalue weighted by molar-refractivity contribution is 7.47. The number of phosphoric acid groups is 2. The van der Waals surface area contributed by atoms with Crippen LogP contribution in [0.4, 0.5) is 0 Å². The minimum absolute atomic E-state index is 0.0836. The Hall–Kier alpha value is -2.46. The van der Waals surface area contributed by atoms with Gasteiger partial charge in [-0.15, -0.1) is 0 Å². The largest absolute Gasteiger partial charge is 0.472 e. The Morgan fingerprint density at radius 3 is 1.00 bits per heavy atom. The van der Waals surface area contributed by atoms with Gasteiger partial charge in [0, 0.05) is 25.7 Å². The summed E-state index contributed by atoms with van der Waals surface area (Å²) in [6, 6.07) is 0. The van der Waals surface area contributed by atoms with Crippen LogP contribution in [0.25, 0.3) is 0 Å². The molecule has 17 nitrogen and oxygen atoms in total. The van der Waals surface area contributed by atoms with Crippen molar-refractivity contribution in [2.75, 3.05) is 39.6 Å². The number of phosphoric ester groups is 2. The van der Waals surface area contributed by atoms with Gasteiger partial charge in [-0.25, -0.2) is 9.13 Å². The van der Waals surface area contributed by atoms with Crippen molar-refractivity contribution >= 4 is 39.5 Å². The van der Waals surface area contributed by atoms with Gasteiger partial charge in [0.05, 0.1) is 26.4 Å². The third-order valence-electron chi connectivity index (χ3n) is 15.9. The number of rotatable bonds is 66. The zero-order chi connectivity index (χ0) is 65.9. The molecule has 0 saturated heterocycles. The molecule has 0 heterocycles. The molecular formula is C70H132O17P2. The molecule has 0 spiro atoms. The number of carbonyl (C=O) groups excluding carboxylic acids is 4. The monoisotopic (exact) mass is 1310 g/mol. The SMILES string of the molecule is CCCCCC/C=C\C=C/CCCCCCCC(=O)O[C@H](COC(=O)CCCCCCCCC(C)CC)COP(=O)(O)OC[C@H](O)COP(=O)(O)OC[C@@H](COC(=O)CCCCCCCCCCC(C)C)OC(=O)CCCCCCCCCCCCC(C)C. The molecule has 0 aromatic heterocycles. The maximum atomic E-state index is 13.0. The van der Waals surface area contributed by atoms with Crippen molar-refractivity contribution in [3.05, 3.63) is 24.3 Å². The predicted molar refractivity (Wildman–Crippen MR) is 358 cm³/mol. The molecule has 0 radical (unpaired) electrons. The average Bonchev–Trinajstić information content (AvgIpc) is 3.70. The fraction of sp³-hybridized carbons (Fsp3) is 0.886. The van der Waals surface area contributed by atoms with Crippen LogP contribution in [0, 0.1) is 17.8 Å². The summed E-state index contributed by atoms with van der Waals surface area (Å²) in [5.74, 6) is 0.0433. The standard InChI is InChI=1S/C70H132O17P2/c1-8-10-11-12-13-14-15-16-17-18-19-23-30-39-46-53-69(74)87-66(58-81-68(73)52-45-38-33-32-36-43-50-63(7)9-2)60-85-89(78,79)83-56-64(71)55-82-88(76,77)84-59-65(57-80-67(72)51-44-37-29-26-25-28-35-42-49-62(5)6)86-70(75)54-47-40-31-24-21-20-22-27-34-41-48-61(3)4/h14-17,61-66,71H,8-13,18-60H2,1-7H3,(H,76,77)(H,78,79)/b15-14-,17-16-/t63?,64-,65-,66-/m1/s1. The van der Waals surface area contributed by atoms with Gasteiger partial charge in [0.15, 0.2) is 12.2 Å². The van der Waals surface area contributed by atoms with E-state index < -0.39 is 97.5 Å². The third-order valence-corrected chi connectivity index (χ3v) is 17.8. The Labute approximate surface area is 542 Å². The smallest absolute Gasteiger partial charge is 0.462 e. The summed E-state index contributed by atoms with van der Waals surface area (Å²) in [6.45, 7) is 11.7. The Kier molecular flexibility index (Phi) is 58.8. The number of aliphatic hydroxyl groups excluding tert-OH is 1. The predicted octanol–water partition coefficient (Wildman–Crippen LogP) is 19.4. The molecule has 0 fully saturated rings. The van der Waals surface area contributed by atoms with Crippen molar-refractivity contribution in [1.82, 2.24) is 0 Å². The van der Waals surface area contributed by atoms with E-state index in [2.05, 4.69) is 72.8 Å². The van der Waals surface area contributed by atoms with Crippen LogP contribution in [-0.2, 0) is 65.4 Å². The molecule has 0 rings (SSSR count). The number of unbranched alkanes of at least 4 members (excludes halogenated alkanes) is 30. The molecule has 0 aliphatic rings. The molecule has 0 aliphatic heterocycles. The number of aliphatic hydroxyl groups is 1. The van der Waals surface area contributed by atoms with Gasteiger partial charge in [0.1, 0.15) is 19.3 Å². The highest BCUT2D eigenvalue weighted by Gasteiger charge is 2.30. The van der Waals surface area contributed by atoms with Crippen molar-refractivity contribution in [2.45, 2.75) is 343 Å². The van der Waals surface area contributed by atoms with E-state index in [9.17, 15) is 43.2 Å². The molecule has 0 saturated carbocycles. The second kappa shape index (κ2) is 60.5. The minimum Gasteiger partial charge on any atom is -0.462 e. The van der Waals surface area contributed by atoms with Gasteiger partial charge in [-0.2, -0.15) is 0 Å². The number of allylic oxidation sites excluding steroid dienone is 4. The third kappa shape index (κ3) is 62.7. The molecule has 3 unspecified atom stereocenters. The first-order valence-electron chi connectivity index (χ1n) is 35.7. The summed E-state index contributed by atoms with van der Waals surface area (Å²) in [7, 11) is -9.91. The van der Waals surface area contributed by atoms with Crippen LogP contribution < -0.4 is 0 Å². The van der Waals surface area contributed by atoms with Gasteiger partial charge < -0.3 is 33.8 Å². The van der Waals surface area contributed by atoms with Crippen LogP contribution in [-0.4, -0.2) is 96.7 Å². The first kappa shape index (κ1) is 86.5. The number of ether oxygens (including phenoxy) is 4. The molecule has 3 N–H and O–H groups in total. The van der Waals surface area contributed by atoms with Crippen LogP contribution >= 0.6 is 15.6 Å². The molecule has 524 valence electrons. The number of carbonyl (C=O) groups is 4. The second-order valence-corrected chi connectivity index (χ2v) is 28.7. The summed E-state index contributed by atoms with van der Waals surface area (Å²) < 4.78 is 68.2. The number of hydrogen-bond donors (Lipinski definition) is 3. The molecule has 0 aromatic carbocycles. The molecule has 0 aromatic rings. The van der Waals surface area contributed by atoms with Crippen molar-refractivity contribution < 1.29 is 80.2 Å². The molecular weight excluding hydrogens is 1170 g/mol. The van der Waals surface area contributed by atoms with E-state index >= 15 is 0 Å². The van der Waals surface area contributed by atoms with E-state index in [-0.39, 0.29) is 25.7 Å². The Balaban J connectivity index is 5.30. The second-order valence-electron chi connectivity index (χ2n) is 25.8. The van der Waals surface area contributed by atoms with E-state index in [0.29, 0.717) is 25.7 Å². The average molecular weight is 1310 g/mol. The topological polar surface area (TPSA) is 237 Å². The van der Waals surface area contributed by atoms with E-state index in [1.165, 1.54) is 116 Å². The van der Waals surface area contributed by atoms with Gasteiger partial charge in [-0.1, -0.05) is 272 Å². The lowest BCUT2D eigenvalue weighted by Crippen LogP contribution is -2.30. The van der Waals surface area contributed by atoms with Crippen LogP contribution in [0.2, 0.25) is 0 Å². The molecule has 0 bridgehead atoms. The van der Waals surface area contributed by atoms with Crippen molar-refractivity contribution in [2.24, 2.45) is 17.8 Å². The summed E-state index contributed by atoms with van der Waals surface area (Å²) in [6.07, 6.45) is 46.7. The fourth-order valence-electron chi connectivity index (χ4n) is 9.97. The Morgan fingerprint density at radius 2 is 0.663 bits per heavy atom. The quantitative estimate of drug-likeness (QED) is 0.0169. The van der Waals surface area contributed by atoms with E-state index in [4.69, 9.17) is 37.0 Å². The molecule has 6 atom stereocenters. The highest BCUT2D eigenvalue weighted by atomic mass is 31.2. The van der Waals surface area contributed by atoms with Crippen LogP contribution in [0.1, 0.15) is 325 Å². The van der Waals surface area contributed by atoms with Crippen LogP contribution in [0.15, 0.2) is 24.3 Å². The van der Waals surface area contributed by atoms with Crippen molar-refractivity contribution in [1.29, 1.82) is 0 Å². The zero-order valence-corrected chi connectivity index (χ0v) is 59.2. The summed E-state index contributed by atoms with van der Waals surface area (Å²) in [5.41, 5.74) is 0. The minimum atomic E-state index is -4.96. The summed E-state index contributed by atoms with van der Waals surface area (Å²) >= 11 is 0. The molecule has 0 aliphatic carbocycles. The number of hydrogen-bond acceptors (Lipinski definition) is 15. The maximum absolute atomic E-state index is 13.0. The molecule has 0 amide bonds. The lowest BCUT2D eigenvalue weighted by Gasteiger charge is -2.21. The van der Waals surface area contributed by atoms with E-state index in [1.54, 1.807) is 0 Å². The first-order chi connectivity index (χ1) is 42.8. The normalized spacial score (nSPS) is 14.7. The maximum Gasteiger partial charge on any atom is 0.472 e. The first-order valence-corrected chi connectivity index (χ1v) is 38.7. The summed E-state index contributed by atoms with van der Waals surface area (Å²) in [4.78, 5) is 72.5. The fourth-order valence-corrected chi connectivity index (χ4v) is 11.5. The van der Waals surface area contributed by atoms with E-state index in [0.717, 1.165) is 127 Å². The van der Waals surface area contributed by atoms with Gasteiger partial charge >= 0.3 is 39.5 Å². The van der Waals surface area contributed by atoms with E-state index in [1.807, 2.05) is 0 Å². The van der Waals surface area contributed by atoms with Crippen LogP contribution in [0.5, 0.6) is 0 Å². The molecule has 89 heavy (non-hydrogen) atoms. The zero-order valence-electron chi connectivity index (χ0n) is 57.4. The van der Waals surface area contributed by atoms with Crippen molar-refractivity contribution in [3.63, 3.8) is 0 Å². The highest BCUT2D eigenvalue weighted by Crippen LogP contribution is 2.45. The van der Waals surface area contributed by atoms with Gasteiger partial charge in [-0.05, 0) is 69.1 Å². The molecule has 19 heteroatoms. The Bertz CT molecular complexity index is 1840. The Morgan fingerprint density at radius 1 is 0.371 bits per heavy atom. The van der Waals surface area contributed by atoms with Crippen molar-refractivity contribution in [3.8, 4) is 0 Å². The van der Waals surface area contributed by atoms with Crippen LogP contribution in [0.3, 0.4) is 0 Å². The van der Waals surface area contributed by atoms with Gasteiger partial charge in [-0.3, -0.25) is 37.3 Å². The lowest BCUT2D eigenvalue weighted by molar-refractivity contribution is -0.161. The van der Waals surface area contributed by atoms with Gasteiger partial charge in [0.2, 0.25) is 0 Å². The summed E-state index contributed by atoms with van der Waals surface area (Å²) in [5, 5.41) is 10.6.